The van der Waals surface area contributed by atoms with Crippen LogP contribution in [0.25, 0.3) is 10.9 Å². The van der Waals surface area contributed by atoms with Gasteiger partial charge in [-0.15, -0.1) is 0 Å². The number of pyridine rings is 1. The van der Waals surface area contributed by atoms with Crippen LogP contribution in [-0.4, -0.2) is 39.5 Å². The van der Waals surface area contributed by atoms with Gasteiger partial charge in [0.2, 0.25) is 5.91 Å². The van der Waals surface area contributed by atoms with Crippen LogP contribution in [0.4, 0.5) is 0 Å². The first-order valence-corrected chi connectivity index (χ1v) is 7.20. The van der Waals surface area contributed by atoms with Crippen LogP contribution in [-0.2, 0) is 4.79 Å². The van der Waals surface area contributed by atoms with Crippen molar-refractivity contribution in [3.8, 4) is 5.75 Å². The molecule has 0 radical (unpaired) electrons. The third-order valence-electron chi connectivity index (χ3n) is 3.32. The molecule has 0 spiro atoms. The maximum Gasteiger partial charge on any atom is 0.345 e. The van der Waals surface area contributed by atoms with Gasteiger partial charge in [0, 0.05) is 17.1 Å². The highest BCUT2D eigenvalue weighted by Crippen LogP contribution is 2.19. The van der Waals surface area contributed by atoms with Crippen LogP contribution in [0, 0.1) is 0 Å². The first kappa shape index (κ1) is 16.1. The van der Waals surface area contributed by atoms with E-state index in [2.05, 4.69) is 20.5 Å². The molecule has 0 bridgehead atoms. The van der Waals surface area contributed by atoms with Crippen LogP contribution < -0.4 is 15.8 Å². The van der Waals surface area contributed by atoms with Crippen LogP contribution in [0.3, 0.4) is 0 Å². The Morgan fingerprint density at radius 1 is 1.20 bits per heavy atom. The topological polar surface area (TPSA) is 140 Å². The summed E-state index contributed by atoms with van der Waals surface area (Å²) in [6, 6.07) is 5.99. The molecule has 126 valence electrons. The zero-order valence-electron chi connectivity index (χ0n) is 12.9. The van der Waals surface area contributed by atoms with Gasteiger partial charge in [0.25, 0.3) is 5.91 Å². The summed E-state index contributed by atoms with van der Waals surface area (Å²) in [4.78, 5) is 38.9. The summed E-state index contributed by atoms with van der Waals surface area (Å²) in [5.41, 5.74) is 6.06. The van der Waals surface area contributed by atoms with Crippen molar-refractivity contribution in [2.45, 2.75) is 0 Å². The van der Waals surface area contributed by atoms with E-state index < -0.39 is 17.8 Å². The van der Waals surface area contributed by atoms with E-state index in [9.17, 15) is 14.4 Å². The number of nitrogens with two attached hydrogens (primary N) is 1. The lowest BCUT2D eigenvalue weighted by atomic mass is 10.2. The number of hydrogen-bond donors (Lipinski definition) is 3. The van der Waals surface area contributed by atoms with Crippen LogP contribution in [0.15, 0.2) is 42.9 Å². The molecule has 0 aliphatic rings. The number of H-pyrrole nitrogens is 1. The number of fused-ring (bicyclic) bond motifs is 1. The summed E-state index contributed by atoms with van der Waals surface area (Å²) in [5, 5.41) is 9.51. The fourth-order valence-corrected chi connectivity index (χ4v) is 2.16. The molecular formula is C16H13N5O4. The standard InChI is InChI=1S/C16H13N5O4/c17-14(22)8-19-15(23)9-2-1-3-10(4-9)25-16(24)12-5-18-7-13-11(12)6-20-21-13/h1-7H,8H2,(H2,17,22)(H,19,23)(H,20,21). The van der Waals surface area contributed by atoms with Gasteiger partial charge < -0.3 is 15.8 Å². The van der Waals surface area contributed by atoms with Gasteiger partial charge in [0.1, 0.15) is 5.75 Å². The third kappa shape index (κ3) is 3.61. The average molecular weight is 339 g/mol. The SMILES string of the molecule is NC(=O)CNC(=O)c1cccc(OC(=O)c2cncc3[nH]ncc23)c1. The lowest BCUT2D eigenvalue weighted by Crippen LogP contribution is -2.33. The fraction of sp³-hybridized carbons (Fsp3) is 0.0625. The quantitative estimate of drug-likeness (QED) is 0.454. The molecule has 0 aliphatic carbocycles. The second-order valence-corrected chi connectivity index (χ2v) is 5.08. The second-order valence-electron chi connectivity index (χ2n) is 5.08. The Hall–Kier alpha value is -3.75. The number of aromatic amines is 1. The molecule has 9 nitrogen and oxygen atoms in total. The van der Waals surface area contributed by atoms with E-state index in [0.29, 0.717) is 10.9 Å². The first-order chi connectivity index (χ1) is 12.0. The Morgan fingerprint density at radius 3 is 2.84 bits per heavy atom. The molecule has 3 rings (SSSR count). The predicted octanol–water partition coefficient (Wildman–Crippen LogP) is 0.392. The highest BCUT2D eigenvalue weighted by molar-refractivity contribution is 6.03. The zero-order chi connectivity index (χ0) is 17.8. The number of hydrogen-bond acceptors (Lipinski definition) is 6. The first-order valence-electron chi connectivity index (χ1n) is 7.20. The van der Waals surface area contributed by atoms with Gasteiger partial charge in [0.05, 0.1) is 30.0 Å². The van der Waals surface area contributed by atoms with Gasteiger partial charge in [0.15, 0.2) is 0 Å². The largest absolute Gasteiger partial charge is 0.423 e. The van der Waals surface area contributed by atoms with E-state index in [4.69, 9.17) is 10.5 Å². The second kappa shape index (κ2) is 6.79. The number of nitrogens with zero attached hydrogens (tertiary/aromatic N) is 2. The Kier molecular flexibility index (Phi) is 4.38. The van der Waals surface area contributed by atoms with E-state index in [-0.39, 0.29) is 23.4 Å². The molecule has 2 heterocycles. The van der Waals surface area contributed by atoms with Gasteiger partial charge in [-0.2, -0.15) is 5.10 Å². The Balaban J connectivity index is 1.78. The number of aromatic nitrogens is 3. The van der Waals surface area contributed by atoms with Crippen molar-refractivity contribution in [1.29, 1.82) is 0 Å². The van der Waals surface area contributed by atoms with E-state index in [0.717, 1.165) is 0 Å². The molecule has 2 amide bonds. The molecule has 0 atom stereocenters. The number of nitrogens with one attached hydrogen (secondary N) is 2. The number of rotatable bonds is 5. The van der Waals surface area contributed by atoms with Crippen LogP contribution in [0.1, 0.15) is 20.7 Å². The molecule has 4 N–H and O–H groups in total. The normalized spacial score (nSPS) is 10.4. The summed E-state index contributed by atoms with van der Waals surface area (Å²) in [5.74, 6) is -1.61. The van der Waals surface area contributed by atoms with Gasteiger partial charge in [-0.3, -0.25) is 19.7 Å². The Morgan fingerprint density at radius 2 is 2.04 bits per heavy atom. The number of primary amides is 1. The molecular weight excluding hydrogens is 326 g/mol. The molecule has 0 unspecified atom stereocenters. The number of benzene rings is 1. The molecule has 0 saturated carbocycles. The van der Waals surface area contributed by atoms with Crippen molar-refractivity contribution in [3.05, 3.63) is 54.0 Å². The minimum Gasteiger partial charge on any atom is -0.423 e. The molecule has 2 aromatic heterocycles. The van der Waals surface area contributed by atoms with Gasteiger partial charge >= 0.3 is 5.97 Å². The highest BCUT2D eigenvalue weighted by Gasteiger charge is 2.15. The van der Waals surface area contributed by atoms with Crippen molar-refractivity contribution in [3.63, 3.8) is 0 Å². The Bertz CT molecular complexity index is 966. The predicted molar refractivity (Wildman–Crippen MR) is 86.8 cm³/mol. The molecule has 25 heavy (non-hydrogen) atoms. The molecule has 0 fully saturated rings. The summed E-state index contributed by atoms with van der Waals surface area (Å²) in [6.45, 7) is -0.281. The molecule has 1 aromatic carbocycles. The van der Waals surface area contributed by atoms with Gasteiger partial charge in [-0.05, 0) is 18.2 Å². The van der Waals surface area contributed by atoms with Crippen molar-refractivity contribution in [2.75, 3.05) is 6.54 Å². The van der Waals surface area contributed by atoms with E-state index in [1.54, 1.807) is 12.3 Å². The van der Waals surface area contributed by atoms with E-state index >= 15 is 0 Å². The van der Waals surface area contributed by atoms with Crippen molar-refractivity contribution >= 4 is 28.7 Å². The maximum atomic E-state index is 12.4. The zero-order valence-corrected chi connectivity index (χ0v) is 12.9. The fourth-order valence-electron chi connectivity index (χ4n) is 2.16. The van der Waals surface area contributed by atoms with Crippen molar-refractivity contribution < 1.29 is 19.1 Å². The van der Waals surface area contributed by atoms with E-state index in [1.165, 1.54) is 30.6 Å². The van der Waals surface area contributed by atoms with Crippen LogP contribution >= 0.6 is 0 Å². The molecule has 9 heteroatoms. The lowest BCUT2D eigenvalue weighted by molar-refractivity contribution is -0.117. The molecule has 0 saturated heterocycles. The summed E-state index contributed by atoms with van der Waals surface area (Å²) in [6.07, 6.45) is 4.42. The van der Waals surface area contributed by atoms with Crippen molar-refractivity contribution in [1.82, 2.24) is 20.5 Å². The van der Waals surface area contributed by atoms with Gasteiger partial charge in [-0.25, -0.2) is 4.79 Å². The molecule has 3 aromatic rings. The summed E-state index contributed by atoms with van der Waals surface area (Å²) in [7, 11) is 0. The van der Waals surface area contributed by atoms with Gasteiger partial charge in [-0.1, -0.05) is 6.07 Å². The summed E-state index contributed by atoms with van der Waals surface area (Å²) >= 11 is 0. The minimum atomic E-state index is -0.656. The third-order valence-corrected chi connectivity index (χ3v) is 3.32. The Labute approximate surface area is 141 Å². The number of ether oxygens (including phenoxy) is 1. The monoisotopic (exact) mass is 339 g/mol. The van der Waals surface area contributed by atoms with Crippen LogP contribution in [0.2, 0.25) is 0 Å². The number of esters is 1. The smallest absolute Gasteiger partial charge is 0.345 e. The number of amides is 2. The summed E-state index contributed by atoms with van der Waals surface area (Å²) < 4.78 is 5.30. The number of carbonyl (C=O) groups is 3. The minimum absolute atomic E-state index is 0.178. The van der Waals surface area contributed by atoms with Crippen LogP contribution in [0.5, 0.6) is 5.75 Å². The average Bonchev–Trinajstić information content (AvgIpc) is 3.08. The molecule has 0 aliphatic heterocycles. The maximum absolute atomic E-state index is 12.4. The number of carbonyl (C=O) groups excluding carboxylic acids is 3. The highest BCUT2D eigenvalue weighted by atomic mass is 16.5. The van der Waals surface area contributed by atoms with E-state index in [1.807, 2.05) is 0 Å². The van der Waals surface area contributed by atoms with Crippen molar-refractivity contribution in [2.24, 2.45) is 5.73 Å². The lowest BCUT2D eigenvalue weighted by Gasteiger charge is -2.07.